The molecule has 0 saturated heterocycles. The summed E-state index contributed by atoms with van der Waals surface area (Å²) in [6, 6.07) is 3.87. The van der Waals surface area contributed by atoms with Gasteiger partial charge in [-0.15, -0.1) is 0 Å². The molecule has 1 atom stereocenters. The molecule has 4 N–H and O–H groups in total. The topological polar surface area (TPSA) is 84.6 Å². The maximum Gasteiger partial charge on any atom is 0.329 e. The predicted octanol–water partition coefficient (Wildman–Crippen LogP) is 0.597. The summed E-state index contributed by atoms with van der Waals surface area (Å²) in [5, 5.41) is 9.01. The molecular formula is C10H13FN2O3. The van der Waals surface area contributed by atoms with Crippen LogP contribution in [-0.2, 0) is 10.3 Å². The van der Waals surface area contributed by atoms with Crippen LogP contribution in [0.1, 0.15) is 12.5 Å². The third kappa shape index (κ3) is 1.98. The molecule has 1 aromatic carbocycles. The second kappa shape index (κ2) is 4.46. The Hall–Kier alpha value is -1.66. The molecule has 0 aromatic heterocycles. The molecule has 0 spiro atoms. The standard InChI is InChI=1S/C10H13FN2O3/c1-10(13-12,9(14)15)6-3-4-8(16-2)7(11)5-6/h3-5,13H,12H2,1-2H3,(H,14,15). The van der Waals surface area contributed by atoms with Gasteiger partial charge in [0, 0.05) is 0 Å². The van der Waals surface area contributed by atoms with Crippen molar-refractivity contribution in [3.05, 3.63) is 29.6 Å². The lowest BCUT2D eigenvalue weighted by Gasteiger charge is -2.24. The van der Waals surface area contributed by atoms with Gasteiger partial charge in [0.2, 0.25) is 0 Å². The van der Waals surface area contributed by atoms with Gasteiger partial charge in [0.25, 0.3) is 0 Å². The Kier molecular flexibility index (Phi) is 3.46. The molecule has 0 fully saturated rings. The number of rotatable bonds is 4. The smallest absolute Gasteiger partial charge is 0.329 e. The van der Waals surface area contributed by atoms with E-state index in [-0.39, 0.29) is 11.3 Å². The van der Waals surface area contributed by atoms with E-state index in [0.29, 0.717) is 0 Å². The molecule has 0 saturated carbocycles. The van der Waals surface area contributed by atoms with Crippen molar-refractivity contribution in [2.75, 3.05) is 7.11 Å². The number of methoxy groups -OCH3 is 1. The van der Waals surface area contributed by atoms with Crippen molar-refractivity contribution in [3.8, 4) is 5.75 Å². The number of hydrogen-bond acceptors (Lipinski definition) is 4. The second-order valence-corrected chi connectivity index (χ2v) is 3.42. The highest BCUT2D eigenvalue weighted by molar-refractivity contribution is 5.80. The summed E-state index contributed by atoms with van der Waals surface area (Å²) in [5.74, 6) is 3.39. The number of benzene rings is 1. The molecule has 1 aromatic rings. The highest BCUT2D eigenvalue weighted by atomic mass is 19.1. The molecule has 0 radical (unpaired) electrons. The van der Waals surface area contributed by atoms with E-state index in [0.717, 1.165) is 6.07 Å². The Labute approximate surface area is 92.0 Å². The number of nitrogens with one attached hydrogen (secondary N) is 1. The van der Waals surface area contributed by atoms with E-state index in [4.69, 9.17) is 15.7 Å². The van der Waals surface area contributed by atoms with E-state index in [1.54, 1.807) is 0 Å². The molecule has 0 bridgehead atoms. The number of carbonyl (C=O) groups is 1. The fraction of sp³-hybridized carbons (Fsp3) is 0.300. The van der Waals surface area contributed by atoms with Crippen molar-refractivity contribution in [1.82, 2.24) is 5.43 Å². The third-order valence-electron chi connectivity index (χ3n) is 2.45. The monoisotopic (exact) mass is 228 g/mol. The molecule has 88 valence electrons. The van der Waals surface area contributed by atoms with Gasteiger partial charge in [0.1, 0.15) is 0 Å². The summed E-state index contributed by atoms with van der Waals surface area (Å²) in [5.41, 5.74) is 0.826. The average Bonchev–Trinajstić information content (AvgIpc) is 2.27. The van der Waals surface area contributed by atoms with E-state index < -0.39 is 17.3 Å². The Bertz CT molecular complexity index is 411. The largest absolute Gasteiger partial charge is 0.494 e. The van der Waals surface area contributed by atoms with Crippen LogP contribution >= 0.6 is 0 Å². The third-order valence-corrected chi connectivity index (χ3v) is 2.45. The van der Waals surface area contributed by atoms with E-state index in [1.807, 2.05) is 0 Å². The van der Waals surface area contributed by atoms with Crippen LogP contribution in [0.25, 0.3) is 0 Å². The van der Waals surface area contributed by atoms with Gasteiger partial charge >= 0.3 is 5.97 Å². The minimum atomic E-state index is -1.53. The lowest BCUT2D eigenvalue weighted by Crippen LogP contribution is -2.50. The maximum atomic E-state index is 13.4. The first-order valence-corrected chi connectivity index (χ1v) is 4.51. The zero-order chi connectivity index (χ0) is 12.3. The number of ether oxygens (including phenoxy) is 1. The summed E-state index contributed by atoms with van der Waals surface area (Å²) in [6.07, 6.45) is 0. The molecule has 1 unspecified atom stereocenters. The van der Waals surface area contributed by atoms with Gasteiger partial charge < -0.3 is 9.84 Å². The van der Waals surface area contributed by atoms with Crippen molar-refractivity contribution in [2.45, 2.75) is 12.5 Å². The second-order valence-electron chi connectivity index (χ2n) is 3.42. The van der Waals surface area contributed by atoms with Crippen molar-refractivity contribution < 1.29 is 19.0 Å². The van der Waals surface area contributed by atoms with Crippen molar-refractivity contribution in [2.24, 2.45) is 5.84 Å². The average molecular weight is 228 g/mol. The van der Waals surface area contributed by atoms with Gasteiger partial charge in [0.05, 0.1) is 7.11 Å². The first-order chi connectivity index (χ1) is 7.45. The van der Waals surface area contributed by atoms with Crippen molar-refractivity contribution in [1.29, 1.82) is 0 Å². The van der Waals surface area contributed by atoms with Crippen molar-refractivity contribution >= 4 is 5.97 Å². The molecule has 0 heterocycles. The normalized spacial score (nSPS) is 14.2. The predicted molar refractivity (Wildman–Crippen MR) is 55.3 cm³/mol. The number of hydrazine groups is 1. The Morgan fingerprint density at radius 3 is 2.62 bits per heavy atom. The summed E-state index contributed by atoms with van der Waals surface area (Å²) in [6.45, 7) is 1.34. The molecular weight excluding hydrogens is 215 g/mol. The molecule has 16 heavy (non-hydrogen) atoms. The van der Waals surface area contributed by atoms with E-state index in [1.165, 1.54) is 26.2 Å². The SMILES string of the molecule is COc1ccc(C(C)(NN)C(=O)O)cc1F. The Morgan fingerprint density at radius 2 is 2.25 bits per heavy atom. The summed E-state index contributed by atoms with van der Waals surface area (Å²) in [4.78, 5) is 11.0. The minimum absolute atomic E-state index is 0.0495. The molecule has 6 heteroatoms. The van der Waals surface area contributed by atoms with Crippen LogP contribution in [0, 0.1) is 5.82 Å². The number of aliphatic carboxylic acids is 1. The first-order valence-electron chi connectivity index (χ1n) is 4.51. The van der Waals surface area contributed by atoms with Crippen LogP contribution in [0.2, 0.25) is 0 Å². The number of carboxylic acids is 1. The van der Waals surface area contributed by atoms with Crippen LogP contribution in [0.15, 0.2) is 18.2 Å². The van der Waals surface area contributed by atoms with Gasteiger partial charge in [-0.3, -0.25) is 5.84 Å². The highest BCUT2D eigenvalue weighted by Gasteiger charge is 2.34. The summed E-state index contributed by atoms with van der Waals surface area (Å²) < 4.78 is 18.1. The molecule has 0 amide bonds. The van der Waals surface area contributed by atoms with Crippen LogP contribution in [0.5, 0.6) is 5.75 Å². The molecule has 0 aliphatic carbocycles. The molecule has 1 rings (SSSR count). The molecule has 0 aliphatic heterocycles. The zero-order valence-electron chi connectivity index (χ0n) is 8.95. The quantitative estimate of drug-likeness (QED) is 0.519. The van der Waals surface area contributed by atoms with Gasteiger partial charge in [-0.25, -0.2) is 14.6 Å². The maximum absolute atomic E-state index is 13.4. The van der Waals surface area contributed by atoms with Crippen LogP contribution < -0.4 is 16.0 Å². The number of hydrogen-bond donors (Lipinski definition) is 3. The summed E-state index contributed by atoms with van der Waals surface area (Å²) >= 11 is 0. The molecule has 5 nitrogen and oxygen atoms in total. The van der Waals surface area contributed by atoms with E-state index >= 15 is 0 Å². The first kappa shape index (κ1) is 12.4. The van der Waals surface area contributed by atoms with Crippen molar-refractivity contribution in [3.63, 3.8) is 0 Å². The van der Waals surface area contributed by atoms with Crippen LogP contribution in [0.3, 0.4) is 0 Å². The highest BCUT2D eigenvalue weighted by Crippen LogP contribution is 2.25. The lowest BCUT2D eigenvalue weighted by atomic mass is 9.93. The summed E-state index contributed by atoms with van der Waals surface area (Å²) in [7, 11) is 1.33. The Morgan fingerprint density at radius 1 is 1.62 bits per heavy atom. The van der Waals surface area contributed by atoms with Crippen LogP contribution in [0.4, 0.5) is 4.39 Å². The van der Waals surface area contributed by atoms with Gasteiger partial charge in [-0.05, 0) is 24.6 Å². The fourth-order valence-corrected chi connectivity index (χ4v) is 1.25. The van der Waals surface area contributed by atoms with Gasteiger partial charge in [-0.2, -0.15) is 0 Å². The fourth-order valence-electron chi connectivity index (χ4n) is 1.25. The zero-order valence-corrected chi connectivity index (χ0v) is 8.95. The van der Waals surface area contributed by atoms with Crippen LogP contribution in [-0.4, -0.2) is 18.2 Å². The molecule has 0 aliphatic rings. The van der Waals surface area contributed by atoms with E-state index in [2.05, 4.69) is 5.43 Å². The minimum Gasteiger partial charge on any atom is -0.494 e. The number of carboxylic acid groups (broad SMARTS) is 1. The van der Waals surface area contributed by atoms with E-state index in [9.17, 15) is 9.18 Å². The number of nitrogens with two attached hydrogens (primary N) is 1. The lowest BCUT2D eigenvalue weighted by molar-refractivity contribution is -0.144. The van der Waals surface area contributed by atoms with Gasteiger partial charge in [-0.1, -0.05) is 6.07 Å². The van der Waals surface area contributed by atoms with Gasteiger partial charge in [0.15, 0.2) is 17.1 Å². The number of halogens is 1. The Balaban J connectivity index is 3.23.